The van der Waals surface area contributed by atoms with Crippen LogP contribution in [0, 0.1) is 11.6 Å². The largest absolute Gasteiger partial charge is 0.277 e. The van der Waals surface area contributed by atoms with E-state index in [4.69, 9.17) is 0 Å². The van der Waals surface area contributed by atoms with Crippen LogP contribution < -0.4 is 0 Å². The van der Waals surface area contributed by atoms with Gasteiger partial charge in [0.2, 0.25) is 0 Å². The fourth-order valence-electron chi connectivity index (χ4n) is 1.10. The van der Waals surface area contributed by atoms with Gasteiger partial charge in [0, 0.05) is 24.9 Å². The molecule has 0 atom stereocenters. The number of hydrogen-bond acceptors (Lipinski definition) is 1. The van der Waals surface area contributed by atoms with Gasteiger partial charge in [0.15, 0.2) is 0 Å². The predicted molar refractivity (Wildman–Crippen MR) is 85.6 cm³/mol. The van der Waals surface area contributed by atoms with Gasteiger partial charge in [-0.15, -0.1) is 0 Å². The summed E-state index contributed by atoms with van der Waals surface area (Å²) in [5.41, 5.74) is 1.09. The van der Waals surface area contributed by atoms with Gasteiger partial charge >= 0.3 is 0 Å². The Balaban J connectivity index is 0. The van der Waals surface area contributed by atoms with Crippen molar-refractivity contribution in [3.63, 3.8) is 0 Å². The molecule has 0 heterocycles. The maximum atomic E-state index is 13.0. The van der Waals surface area contributed by atoms with E-state index in [-0.39, 0.29) is 0 Å². The SMILES string of the molecule is C=C(CC)c1ccc(F)cc1F.CC.CC=NC=NC. The van der Waals surface area contributed by atoms with Gasteiger partial charge < -0.3 is 0 Å². The number of nitrogens with zero attached hydrogens (tertiary/aromatic N) is 2. The van der Waals surface area contributed by atoms with Crippen molar-refractivity contribution in [3.8, 4) is 0 Å². The van der Waals surface area contributed by atoms with E-state index in [1.807, 2.05) is 27.7 Å². The van der Waals surface area contributed by atoms with Crippen LogP contribution in [-0.4, -0.2) is 19.6 Å². The first-order valence-electron chi connectivity index (χ1n) is 6.58. The van der Waals surface area contributed by atoms with E-state index in [0.717, 1.165) is 6.07 Å². The van der Waals surface area contributed by atoms with Crippen LogP contribution in [0.4, 0.5) is 8.78 Å². The standard InChI is InChI=1S/C10H10F2.C4H8N2.C2H6/c1-3-7(2)9-5-4-8(11)6-10(9)12;1-3-6-4-5-2;1-2/h4-6H,2-3H2,1H3;3-4H,1-2H3;1-2H3. The van der Waals surface area contributed by atoms with E-state index >= 15 is 0 Å². The molecule has 0 aliphatic rings. The minimum Gasteiger partial charge on any atom is -0.277 e. The van der Waals surface area contributed by atoms with Crippen molar-refractivity contribution in [1.29, 1.82) is 0 Å². The zero-order valence-electron chi connectivity index (χ0n) is 13.0. The highest BCUT2D eigenvalue weighted by atomic mass is 19.1. The highest BCUT2D eigenvalue weighted by Gasteiger charge is 2.04. The Bertz CT molecular complexity index is 428. The molecule has 20 heavy (non-hydrogen) atoms. The lowest BCUT2D eigenvalue weighted by atomic mass is 10.1. The predicted octanol–water partition coefficient (Wildman–Crippen LogP) is 5.15. The quantitative estimate of drug-likeness (QED) is 0.541. The van der Waals surface area contributed by atoms with E-state index in [1.54, 1.807) is 13.3 Å². The zero-order chi connectivity index (χ0) is 16.0. The molecule has 0 spiro atoms. The molecule has 0 aliphatic carbocycles. The van der Waals surface area contributed by atoms with Gasteiger partial charge in [0.25, 0.3) is 0 Å². The van der Waals surface area contributed by atoms with Gasteiger partial charge in [-0.25, -0.2) is 8.78 Å². The lowest BCUT2D eigenvalue weighted by Crippen LogP contribution is -1.88. The summed E-state index contributed by atoms with van der Waals surface area (Å²) in [5.74, 6) is -1.10. The fraction of sp³-hybridized carbons (Fsp3) is 0.375. The highest BCUT2D eigenvalue weighted by Crippen LogP contribution is 2.19. The van der Waals surface area contributed by atoms with E-state index in [0.29, 0.717) is 17.6 Å². The maximum absolute atomic E-state index is 13.0. The van der Waals surface area contributed by atoms with E-state index in [1.165, 1.54) is 18.5 Å². The Labute approximate surface area is 121 Å². The topological polar surface area (TPSA) is 24.7 Å². The molecule has 4 heteroatoms. The number of hydrogen-bond donors (Lipinski definition) is 0. The zero-order valence-corrected chi connectivity index (χ0v) is 13.0. The number of aliphatic imine (C=N–C) groups is 2. The monoisotopic (exact) mass is 282 g/mol. The molecule has 0 unspecified atom stereocenters. The summed E-state index contributed by atoms with van der Waals surface area (Å²) in [6.45, 7) is 11.4. The molecule has 1 aromatic carbocycles. The highest BCUT2D eigenvalue weighted by molar-refractivity contribution is 5.70. The molecular weight excluding hydrogens is 258 g/mol. The smallest absolute Gasteiger partial charge is 0.133 e. The second-order valence-electron chi connectivity index (χ2n) is 3.36. The molecule has 0 radical (unpaired) electrons. The van der Waals surface area contributed by atoms with Crippen LogP contribution in [0.1, 0.15) is 39.7 Å². The average molecular weight is 282 g/mol. The van der Waals surface area contributed by atoms with Crippen molar-refractivity contribution in [2.75, 3.05) is 7.05 Å². The summed E-state index contributed by atoms with van der Waals surface area (Å²) in [4.78, 5) is 7.28. The van der Waals surface area contributed by atoms with Crippen molar-refractivity contribution >= 4 is 18.1 Å². The first-order valence-corrected chi connectivity index (χ1v) is 6.58. The van der Waals surface area contributed by atoms with E-state index in [2.05, 4.69) is 16.6 Å². The Hall–Kier alpha value is -1.84. The van der Waals surface area contributed by atoms with Crippen LogP contribution in [0.2, 0.25) is 0 Å². The summed E-state index contributed by atoms with van der Waals surface area (Å²) < 4.78 is 25.4. The maximum Gasteiger partial charge on any atom is 0.133 e. The number of rotatable bonds is 3. The summed E-state index contributed by atoms with van der Waals surface area (Å²) >= 11 is 0. The van der Waals surface area contributed by atoms with Crippen LogP contribution in [0.25, 0.3) is 5.57 Å². The molecule has 0 aliphatic heterocycles. The average Bonchev–Trinajstić information content (AvgIpc) is 2.47. The Morgan fingerprint density at radius 1 is 1.30 bits per heavy atom. The molecule has 0 amide bonds. The van der Waals surface area contributed by atoms with Gasteiger partial charge in [-0.2, -0.15) is 0 Å². The summed E-state index contributed by atoms with van der Waals surface area (Å²) in [6.07, 6.45) is 3.86. The molecular formula is C16H24F2N2. The van der Waals surface area contributed by atoms with Gasteiger partial charge in [-0.3, -0.25) is 9.98 Å². The van der Waals surface area contributed by atoms with E-state index in [9.17, 15) is 8.78 Å². The van der Waals surface area contributed by atoms with Gasteiger partial charge in [-0.1, -0.05) is 27.4 Å². The van der Waals surface area contributed by atoms with Crippen molar-refractivity contribution in [2.45, 2.75) is 34.1 Å². The van der Waals surface area contributed by atoms with E-state index < -0.39 is 11.6 Å². The number of benzene rings is 1. The Morgan fingerprint density at radius 3 is 2.25 bits per heavy atom. The molecule has 1 aromatic rings. The second kappa shape index (κ2) is 13.6. The van der Waals surface area contributed by atoms with Crippen molar-refractivity contribution < 1.29 is 8.78 Å². The summed E-state index contributed by atoms with van der Waals surface area (Å²) in [7, 11) is 1.69. The molecule has 0 saturated heterocycles. The van der Waals surface area contributed by atoms with Crippen LogP contribution in [-0.2, 0) is 0 Å². The molecule has 0 N–H and O–H groups in total. The molecule has 112 valence electrons. The summed E-state index contributed by atoms with van der Waals surface area (Å²) in [5, 5.41) is 0. The second-order valence-corrected chi connectivity index (χ2v) is 3.36. The third-order valence-corrected chi connectivity index (χ3v) is 2.07. The van der Waals surface area contributed by atoms with Crippen LogP contribution >= 0.6 is 0 Å². The number of allylic oxidation sites excluding steroid dienone is 1. The molecule has 1 rings (SSSR count). The van der Waals surface area contributed by atoms with Crippen molar-refractivity contribution in [1.82, 2.24) is 0 Å². The van der Waals surface area contributed by atoms with Crippen LogP contribution in [0.15, 0.2) is 34.8 Å². The molecule has 0 saturated carbocycles. The lowest BCUT2D eigenvalue weighted by Gasteiger charge is -2.03. The molecule has 0 aromatic heterocycles. The van der Waals surface area contributed by atoms with Crippen molar-refractivity contribution in [3.05, 3.63) is 42.0 Å². The molecule has 0 bridgehead atoms. The van der Waals surface area contributed by atoms with Crippen molar-refractivity contribution in [2.24, 2.45) is 9.98 Å². The van der Waals surface area contributed by atoms with Gasteiger partial charge in [0.1, 0.15) is 18.0 Å². The molecule has 0 fully saturated rings. The fourth-order valence-corrected chi connectivity index (χ4v) is 1.10. The van der Waals surface area contributed by atoms with Crippen LogP contribution in [0.3, 0.4) is 0 Å². The summed E-state index contributed by atoms with van der Waals surface area (Å²) in [6, 6.07) is 3.52. The van der Waals surface area contributed by atoms with Gasteiger partial charge in [0.05, 0.1) is 0 Å². The number of halogens is 2. The lowest BCUT2D eigenvalue weighted by molar-refractivity contribution is 0.580. The Morgan fingerprint density at radius 2 is 1.90 bits per heavy atom. The molecule has 2 nitrogen and oxygen atoms in total. The van der Waals surface area contributed by atoms with Crippen LogP contribution in [0.5, 0.6) is 0 Å². The third-order valence-electron chi connectivity index (χ3n) is 2.07. The first-order chi connectivity index (χ1) is 9.56. The normalized spacial score (nSPS) is 9.75. The third kappa shape index (κ3) is 9.14. The van der Waals surface area contributed by atoms with Gasteiger partial charge in [-0.05, 0) is 31.1 Å². The minimum atomic E-state index is -0.555. The minimum absolute atomic E-state index is 0.402. The Kier molecular flexibility index (Phi) is 13.9. The first kappa shape index (κ1) is 20.5.